The Bertz CT molecular complexity index is 699. The number of rotatable bonds is 3. The number of aromatic carboxylic acids is 1. The first-order valence-electron chi connectivity index (χ1n) is 5.63. The minimum atomic E-state index is -1.06. The molecule has 0 saturated heterocycles. The van der Waals surface area contributed by atoms with Crippen LogP contribution in [-0.2, 0) is 6.54 Å². The smallest absolute Gasteiger partial charge is 0.337 e. The second-order valence-electron chi connectivity index (χ2n) is 4.25. The van der Waals surface area contributed by atoms with Gasteiger partial charge in [-0.05, 0) is 26.3 Å². The maximum atomic E-state index is 11.9. The zero-order valence-corrected chi connectivity index (χ0v) is 10.8. The fraction of sp³-hybridized carbons (Fsp3) is 0.333. The van der Waals surface area contributed by atoms with Crippen molar-refractivity contribution in [3.05, 3.63) is 45.0 Å². The monoisotopic (exact) mass is 263 g/mol. The van der Waals surface area contributed by atoms with E-state index in [1.165, 1.54) is 10.6 Å². The number of nitrogens with zero attached hydrogens (tertiary/aromatic N) is 3. The Balaban J connectivity index is 2.54. The quantitative estimate of drug-likeness (QED) is 0.883. The Morgan fingerprint density at radius 2 is 2.11 bits per heavy atom. The highest BCUT2D eigenvalue weighted by atomic mass is 16.5. The molecule has 0 fully saturated rings. The van der Waals surface area contributed by atoms with Gasteiger partial charge in [0, 0.05) is 11.8 Å². The first kappa shape index (κ1) is 13.0. The van der Waals surface area contributed by atoms with E-state index in [0.29, 0.717) is 17.1 Å². The fourth-order valence-electron chi connectivity index (χ4n) is 1.98. The molecule has 0 radical (unpaired) electrons. The van der Waals surface area contributed by atoms with Gasteiger partial charge in [0.1, 0.15) is 6.54 Å². The first-order chi connectivity index (χ1) is 8.90. The summed E-state index contributed by atoms with van der Waals surface area (Å²) < 4.78 is 6.25. The maximum Gasteiger partial charge on any atom is 0.337 e. The summed E-state index contributed by atoms with van der Waals surface area (Å²) >= 11 is 0. The molecule has 7 nitrogen and oxygen atoms in total. The first-order valence-corrected chi connectivity index (χ1v) is 5.63. The van der Waals surface area contributed by atoms with Crippen molar-refractivity contribution in [2.45, 2.75) is 27.3 Å². The Morgan fingerprint density at radius 1 is 1.42 bits per heavy atom. The lowest BCUT2D eigenvalue weighted by atomic mass is 10.1. The number of carboxylic acid groups (broad SMARTS) is 1. The zero-order chi connectivity index (χ0) is 14.2. The van der Waals surface area contributed by atoms with Gasteiger partial charge in [-0.15, -0.1) is 0 Å². The van der Waals surface area contributed by atoms with E-state index in [4.69, 9.17) is 9.63 Å². The van der Waals surface area contributed by atoms with Crippen molar-refractivity contribution in [2.24, 2.45) is 0 Å². The van der Waals surface area contributed by atoms with Crippen molar-refractivity contribution in [3.63, 3.8) is 0 Å². The van der Waals surface area contributed by atoms with Crippen LogP contribution in [0.25, 0.3) is 0 Å². The van der Waals surface area contributed by atoms with Gasteiger partial charge in [-0.1, -0.05) is 5.16 Å². The summed E-state index contributed by atoms with van der Waals surface area (Å²) in [6.07, 6.45) is 0. The van der Waals surface area contributed by atoms with Gasteiger partial charge >= 0.3 is 5.97 Å². The largest absolute Gasteiger partial charge is 0.478 e. The van der Waals surface area contributed by atoms with Crippen LogP contribution in [0.15, 0.2) is 15.4 Å². The van der Waals surface area contributed by atoms with Gasteiger partial charge in [0.2, 0.25) is 5.89 Å². The molecule has 2 aromatic rings. The molecule has 2 rings (SSSR count). The van der Waals surface area contributed by atoms with E-state index in [-0.39, 0.29) is 23.6 Å². The lowest BCUT2D eigenvalue weighted by molar-refractivity contribution is 0.0694. The summed E-state index contributed by atoms with van der Waals surface area (Å²) in [7, 11) is 0. The third-order valence-electron chi connectivity index (χ3n) is 2.84. The van der Waals surface area contributed by atoms with E-state index in [1.807, 2.05) is 0 Å². The lowest BCUT2D eigenvalue weighted by Gasteiger charge is -2.12. The number of hydrogen-bond donors (Lipinski definition) is 1. The number of aryl methyl sites for hydroxylation is 2. The van der Waals surface area contributed by atoms with E-state index >= 15 is 0 Å². The van der Waals surface area contributed by atoms with Crippen LogP contribution in [-0.4, -0.2) is 25.8 Å². The highest BCUT2D eigenvalue weighted by Gasteiger charge is 2.17. The molecule has 0 spiro atoms. The summed E-state index contributed by atoms with van der Waals surface area (Å²) in [6, 6.07) is 1.29. The van der Waals surface area contributed by atoms with E-state index in [2.05, 4.69) is 10.1 Å². The van der Waals surface area contributed by atoms with E-state index < -0.39 is 5.97 Å². The molecule has 1 N–H and O–H groups in total. The molecule has 0 aliphatic carbocycles. The molecule has 0 aliphatic heterocycles. The van der Waals surface area contributed by atoms with Crippen molar-refractivity contribution in [2.75, 3.05) is 0 Å². The van der Waals surface area contributed by atoms with E-state index in [9.17, 15) is 9.59 Å². The predicted octanol–water partition coefficient (Wildman–Crippen LogP) is 0.903. The molecular formula is C12H13N3O4. The lowest BCUT2D eigenvalue weighted by Crippen LogP contribution is -2.26. The maximum absolute atomic E-state index is 11.9. The van der Waals surface area contributed by atoms with E-state index in [1.54, 1.807) is 20.8 Å². The van der Waals surface area contributed by atoms with Crippen LogP contribution in [0.2, 0.25) is 0 Å². The molecule has 2 aromatic heterocycles. The zero-order valence-electron chi connectivity index (χ0n) is 10.8. The van der Waals surface area contributed by atoms with Crippen LogP contribution in [0, 0.1) is 20.8 Å². The van der Waals surface area contributed by atoms with Gasteiger partial charge in [0.05, 0.1) is 5.56 Å². The molecule has 0 unspecified atom stereocenters. The number of aromatic nitrogens is 3. The fourth-order valence-corrected chi connectivity index (χ4v) is 1.98. The highest BCUT2D eigenvalue weighted by Crippen LogP contribution is 2.12. The molecule has 0 atom stereocenters. The van der Waals surface area contributed by atoms with Gasteiger partial charge < -0.3 is 14.2 Å². The Hall–Kier alpha value is -2.44. The highest BCUT2D eigenvalue weighted by molar-refractivity contribution is 5.90. The molecule has 2 heterocycles. The SMILES string of the molecule is Cc1noc(Cn2c(C)c(C(=O)O)c(C)cc2=O)n1. The Labute approximate surface area is 108 Å². The van der Waals surface area contributed by atoms with Crippen LogP contribution in [0.1, 0.15) is 33.3 Å². The molecule has 0 aliphatic rings. The number of carboxylic acids is 1. The van der Waals surface area contributed by atoms with Crippen molar-refractivity contribution < 1.29 is 14.4 Å². The Kier molecular flexibility index (Phi) is 3.20. The average Bonchev–Trinajstić information content (AvgIpc) is 2.69. The summed E-state index contributed by atoms with van der Waals surface area (Å²) in [5, 5.41) is 12.8. The standard InChI is InChI=1S/C12H13N3O4/c1-6-4-10(16)15(7(2)11(6)12(17)18)5-9-13-8(3)14-19-9/h4H,5H2,1-3H3,(H,17,18). The summed E-state index contributed by atoms with van der Waals surface area (Å²) in [5.74, 6) is -0.334. The molecular weight excluding hydrogens is 250 g/mol. The van der Waals surface area contributed by atoms with Gasteiger partial charge in [0.15, 0.2) is 5.82 Å². The minimum absolute atomic E-state index is 0.0616. The minimum Gasteiger partial charge on any atom is -0.478 e. The second kappa shape index (κ2) is 4.68. The molecule has 7 heteroatoms. The van der Waals surface area contributed by atoms with E-state index in [0.717, 1.165) is 0 Å². The molecule has 0 aromatic carbocycles. The Morgan fingerprint density at radius 3 is 2.63 bits per heavy atom. The molecule has 0 amide bonds. The van der Waals surface area contributed by atoms with Crippen LogP contribution in [0.5, 0.6) is 0 Å². The summed E-state index contributed by atoms with van der Waals surface area (Å²) in [6.45, 7) is 4.91. The topological polar surface area (TPSA) is 98.2 Å². The van der Waals surface area contributed by atoms with Crippen molar-refractivity contribution in [1.82, 2.24) is 14.7 Å². The normalized spacial score (nSPS) is 10.7. The summed E-state index contributed by atoms with van der Waals surface area (Å²) in [5.41, 5.74) is 0.632. The molecule has 19 heavy (non-hydrogen) atoms. The van der Waals surface area contributed by atoms with Crippen LogP contribution in [0.3, 0.4) is 0 Å². The van der Waals surface area contributed by atoms with Crippen molar-refractivity contribution in [3.8, 4) is 0 Å². The number of hydrogen-bond acceptors (Lipinski definition) is 5. The van der Waals surface area contributed by atoms with Crippen LogP contribution < -0.4 is 5.56 Å². The van der Waals surface area contributed by atoms with Gasteiger partial charge in [-0.2, -0.15) is 4.98 Å². The van der Waals surface area contributed by atoms with Crippen LogP contribution in [0.4, 0.5) is 0 Å². The second-order valence-corrected chi connectivity index (χ2v) is 4.25. The van der Waals surface area contributed by atoms with Crippen molar-refractivity contribution in [1.29, 1.82) is 0 Å². The third-order valence-corrected chi connectivity index (χ3v) is 2.84. The average molecular weight is 263 g/mol. The van der Waals surface area contributed by atoms with Gasteiger partial charge in [-0.3, -0.25) is 4.79 Å². The molecule has 0 bridgehead atoms. The molecule has 0 saturated carbocycles. The van der Waals surface area contributed by atoms with Gasteiger partial charge in [-0.25, -0.2) is 4.79 Å². The van der Waals surface area contributed by atoms with Crippen LogP contribution >= 0.6 is 0 Å². The summed E-state index contributed by atoms with van der Waals surface area (Å²) in [4.78, 5) is 27.1. The van der Waals surface area contributed by atoms with Crippen molar-refractivity contribution >= 4 is 5.97 Å². The number of carbonyl (C=O) groups is 1. The predicted molar refractivity (Wildman–Crippen MR) is 65.3 cm³/mol. The van der Waals surface area contributed by atoms with Gasteiger partial charge in [0.25, 0.3) is 5.56 Å². The number of pyridine rings is 1. The molecule has 100 valence electrons. The third kappa shape index (κ3) is 2.40.